The topological polar surface area (TPSA) is 20.3 Å². The molecule has 2 nitrogen and oxygen atoms in total. The van der Waals surface area contributed by atoms with E-state index in [0.29, 0.717) is 12.3 Å². The Hall–Kier alpha value is -0.530. The molecular formula is C10H23NO. The highest BCUT2D eigenvalue weighted by Gasteiger charge is 2.07. The zero-order valence-electron chi connectivity index (χ0n) is 9.35. The zero-order valence-corrected chi connectivity index (χ0v) is 9.35. The number of nitrogens with zero attached hydrogens (tertiary/aromatic N) is 1. The molecule has 1 amide bonds. The van der Waals surface area contributed by atoms with Gasteiger partial charge in [-0.05, 0) is 12.8 Å². The average Bonchev–Trinajstić information content (AvgIpc) is 2.05. The van der Waals surface area contributed by atoms with Crippen LogP contribution in [0.4, 0.5) is 0 Å². The molecule has 0 rings (SSSR count). The summed E-state index contributed by atoms with van der Waals surface area (Å²) in [6.07, 6.45) is 0.671. The maximum absolute atomic E-state index is 11.1. The smallest absolute Gasteiger partial charge is 0.222 e. The van der Waals surface area contributed by atoms with Crippen molar-refractivity contribution in [1.29, 1.82) is 0 Å². The van der Waals surface area contributed by atoms with Crippen molar-refractivity contribution in [3.63, 3.8) is 0 Å². The van der Waals surface area contributed by atoms with Crippen molar-refractivity contribution in [2.45, 2.75) is 41.0 Å². The first-order chi connectivity index (χ1) is 5.57. The summed E-state index contributed by atoms with van der Waals surface area (Å²) < 4.78 is 0. The van der Waals surface area contributed by atoms with Crippen LogP contribution in [0.3, 0.4) is 0 Å². The molecule has 0 aromatic rings. The van der Waals surface area contributed by atoms with Crippen LogP contribution in [0.1, 0.15) is 41.0 Å². The van der Waals surface area contributed by atoms with Crippen molar-refractivity contribution in [2.75, 3.05) is 13.6 Å². The van der Waals surface area contributed by atoms with Crippen molar-refractivity contribution < 1.29 is 4.79 Å². The van der Waals surface area contributed by atoms with Gasteiger partial charge in [0.15, 0.2) is 0 Å². The molecule has 0 heterocycles. The number of hydrogen-bond acceptors (Lipinski definition) is 1. The van der Waals surface area contributed by atoms with Crippen LogP contribution >= 0.6 is 0 Å². The minimum Gasteiger partial charge on any atom is -0.346 e. The third-order valence-corrected chi connectivity index (χ3v) is 1.48. The fourth-order valence-electron chi connectivity index (χ4n) is 0.681. The standard InChI is InChI=1S/C8H17NO.C2H6/c1-5-9(4)8(10)6-7(2)3;1-2/h7H,5-6H2,1-4H3;1-2H3. The van der Waals surface area contributed by atoms with Gasteiger partial charge in [-0.3, -0.25) is 4.79 Å². The lowest BCUT2D eigenvalue weighted by Crippen LogP contribution is -2.27. The maximum Gasteiger partial charge on any atom is 0.222 e. The van der Waals surface area contributed by atoms with Crippen LogP contribution in [0.15, 0.2) is 0 Å². The second-order valence-electron chi connectivity index (χ2n) is 3.01. The first-order valence-electron chi connectivity index (χ1n) is 4.81. The summed E-state index contributed by atoms with van der Waals surface area (Å²) in [6.45, 7) is 10.9. The molecule has 12 heavy (non-hydrogen) atoms. The van der Waals surface area contributed by atoms with Crippen LogP contribution in [0.5, 0.6) is 0 Å². The van der Waals surface area contributed by atoms with Gasteiger partial charge in [0.25, 0.3) is 0 Å². The molecule has 0 saturated carbocycles. The highest BCUT2D eigenvalue weighted by molar-refractivity contribution is 5.75. The molecule has 0 fully saturated rings. The Balaban J connectivity index is 0. The highest BCUT2D eigenvalue weighted by atomic mass is 16.2. The Kier molecular flexibility index (Phi) is 10.0. The minimum atomic E-state index is 0.248. The van der Waals surface area contributed by atoms with E-state index in [2.05, 4.69) is 13.8 Å². The van der Waals surface area contributed by atoms with Crippen LogP contribution in [-0.4, -0.2) is 24.4 Å². The summed E-state index contributed by atoms with van der Waals surface area (Å²) in [5, 5.41) is 0. The van der Waals surface area contributed by atoms with E-state index in [0.717, 1.165) is 6.54 Å². The van der Waals surface area contributed by atoms with Crippen molar-refractivity contribution in [1.82, 2.24) is 4.90 Å². The lowest BCUT2D eigenvalue weighted by molar-refractivity contribution is -0.130. The highest BCUT2D eigenvalue weighted by Crippen LogP contribution is 2.01. The largest absolute Gasteiger partial charge is 0.346 e. The molecule has 0 atom stereocenters. The second-order valence-corrected chi connectivity index (χ2v) is 3.01. The molecule has 0 radical (unpaired) electrons. The number of amides is 1. The summed E-state index contributed by atoms with van der Waals surface area (Å²) in [4.78, 5) is 12.9. The van der Waals surface area contributed by atoms with Crippen LogP contribution < -0.4 is 0 Å². The molecule has 0 aliphatic heterocycles. The Morgan fingerprint density at radius 3 is 2.00 bits per heavy atom. The van der Waals surface area contributed by atoms with Crippen molar-refractivity contribution in [2.24, 2.45) is 5.92 Å². The molecule has 0 saturated heterocycles. The van der Waals surface area contributed by atoms with E-state index in [1.807, 2.05) is 27.8 Å². The Morgan fingerprint density at radius 1 is 1.33 bits per heavy atom. The first kappa shape index (κ1) is 14.0. The molecule has 0 aliphatic rings. The fourth-order valence-corrected chi connectivity index (χ4v) is 0.681. The van der Waals surface area contributed by atoms with Gasteiger partial charge in [-0.15, -0.1) is 0 Å². The van der Waals surface area contributed by atoms with Gasteiger partial charge in [-0.2, -0.15) is 0 Å². The normalized spacial score (nSPS) is 8.92. The molecule has 0 N–H and O–H groups in total. The molecule has 0 aliphatic carbocycles. The maximum atomic E-state index is 11.1. The van der Waals surface area contributed by atoms with E-state index >= 15 is 0 Å². The third-order valence-electron chi connectivity index (χ3n) is 1.48. The predicted molar refractivity (Wildman–Crippen MR) is 54.1 cm³/mol. The third kappa shape index (κ3) is 7.58. The second kappa shape index (κ2) is 8.57. The van der Waals surface area contributed by atoms with Crippen LogP contribution in [-0.2, 0) is 4.79 Å². The van der Waals surface area contributed by atoms with Crippen molar-refractivity contribution in [3.8, 4) is 0 Å². The van der Waals surface area contributed by atoms with Crippen LogP contribution in [0, 0.1) is 5.92 Å². The molecule has 74 valence electrons. The number of rotatable bonds is 3. The van der Waals surface area contributed by atoms with E-state index in [9.17, 15) is 4.79 Å². The zero-order chi connectivity index (χ0) is 10.1. The molecule has 0 bridgehead atoms. The van der Waals surface area contributed by atoms with Gasteiger partial charge >= 0.3 is 0 Å². The predicted octanol–water partition coefficient (Wildman–Crippen LogP) is 2.54. The van der Waals surface area contributed by atoms with Gasteiger partial charge < -0.3 is 4.90 Å². The summed E-state index contributed by atoms with van der Waals surface area (Å²) in [5.41, 5.74) is 0. The molecule has 0 spiro atoms. The monoisotopic (exact) mass is 173 g/mol. The number of carbonyl (C=O) groups is 1. The molecular weight excluding hydrogens is 150 g/mol. The van der Waals surface area contributed by atoms with Gasteiger partial charge in [0.1, 0.15) is 0 Å². The van der Waals surface area contributed by atoms with E-state index in [1.54, 1.807) is 4.90 Å². The van der Waals surface area contributed by atoms with Gasteiger partial charge in [0.05, 0.1) is 0 Å². The quantitative estimate of drug-likeness (QED) is 0.642. The Morgan fingerprint density at radius 2 is 1.75 bits per heavy atom. The van der Waals surface area contributed by atoms with Gasteiger partial charge in [0.2, 0.25) is 5.91 Å². The fraction of sp³-hybridized carbons (Fsp3) is 0.900. The van der Waals surface area contributed by atoms with E-state index < -0.39 is 0 Å². The first-order valence-corrected chi connectivity index (χ1v) is 4.81. The summed E-state index contributed by atoms with van der Waals surface area (Å²) in [5.74, 6) is 0.721. The summed E-state index contributed by atoms with van der Waals surface area (Å²) in [7, 11) is 1.84. The Labute approximate surface area is 77.0 Å². The SMILES string of the molecule is CC.CCN(C)C(=O)CC(C)C. The lowest BCUT2D eigenvalue weighted by Gasteiger charge is -2.15. The molecule has 0 unspecified atom stereocenters. The van der Waals surface area contributed by atoms with E-state index in [-0.39, 0.29) is 5.91 Å². The van der Waals surface area contributed by atoms with Gasteiger partial charge in [0, 0.05) is 20.0 Å². The molecule has 0 aromatic carbocycles. The summed E-state index contributed by atoms with van der Waals surface area (Å²) >= 11 is 0. The number of carbonyl (C=O) groups excluding carboxylic acids is 1. The minimum absolute atomic E-state index is 0.248. The van der Waals surface area contributed by atoms with Crippen molar-refractivity contribution in [3.05, 3.63) is 0 Å². The Bertz CT molecular complexity index is 110. The van der Waals surface area contributed by atoms with Crippen LogP contribution in [0.2, 0.25) is 0 Å². The summed E-state index contributed by atoms with van der Waals surface area (Å²) in [6, 6.07) is 0. The van der Waals surface area contributed by atoms with Crippen LogP contribution in [0.25, 0.3) is 0 Å². The average molecular weight is 173 g/mol. The van der Waals surface area contributed by atoms with Gasteiger partial charge in [-0.25, -0.2) is 0 Å². The van der Waals surface area contributed by atoms with Gasteiger partial charge in [-0.1, -0.05) is 27.7 Å². The van der Waals surface area contributed by atoms with Crippen molar-refractivity contribution >= 4 is 5.91 Å². The number of hydrogen-bond donors (Lipinski definition) is 0. The molecule has 2 heteroatoms. The van der Waals surface area contributed by atoms with E-state index in [4.69, 9.17) is 0 Å². The lowest BCUT2D eigenvalue weighted by atomic mass is 10.1. The van der Waals surface area contributed by atoms with E-state index in [1.165, 1.54) is 0 Å². The molecule has 0 aromatic heterocycles.